The molecule has 6 heteroatoms. The molecule has 0 aromatic heterocycles. The molecule has 1 rings (SSSR count). The number of hydrogen-bond acceptors (Lipinski definition) is 4. The normalized spacial score (nSPS) is 11.3. The van der Waals surface area contributed by atoms with E-state index in [9.17, 15) is 13.2 Å². The van der Waals surface area contributed by atoms with Crippen molar-refractivity contribution in [3.63, 3.8) is 0 Å². The topological polar surface area (TPSA) is 80.7 Å². The smallest absolute Gasteiger partial charge is 0.307 e. The number of carboxylic acids is 1. The van der Waals surface area contributed by atoms with Crippen LogP contribution < -0.4 is 0 Å². The van der Waals surface area contributed by atoms with E-state index in [1.807, 2.05) is 0 Å². The van der Waals surface area contributed by atoms with Crippen LogP contribution in [0, 0.1) is 0 Å². The molecule has 16 heavy (non-hydrogen) atoms. The van der Waals surface area contributed by atoms with E-state index >= 15 is 0 Å². The van der Waals surface area contributed by atoms with Gasteiger partial charge in [-0.2, -0.15) is 8.42 Å². The van der Waals surface area contributed by atoms with E-state index in [0.717, 1.165) is 6.26 Å². The maximum absolute atomic E-state index is 10.7. The first-order valence-electron chi connectivity index (χ1n) is 4.51. The standard InChI is InChI=1S/C10H12O5S/c1-16(13,14)15-7-9-4-2-8(3-5-9)6-10(11)12/h2-5H,6-7H2,1H3,(H,11,12). The van der Waals surface area contributed by atoms with Crippen LogP contribution >= 0.6 is 0 Å². The Morgan fingerprint density at radius 2 is 1.75 bits per heavy atom. The first-order valence-corrected chi connectivity index (χ1v) is 6.32. The summed E-state index contributed by atoms with van der Waals surface area (Å²) in [5, 5.41) is 8.54. The van der Waals surface area contributed by atoms with Crippen molar-refractivity contribution in [1.82, 2.24) is 0 Å². The van der Waals surface area contributed by atoms with Gasteiger partial charge in [-0.25, -0.2) is 0 Å². The first kappa shape index (κ1) is 12.7. The zero-order valence-electron chi connectivity index (χ0n) is 8.71. The zero-order chi connectivity index (χ0) is 12.2. The van der Waals surface area contributed by atoms with Crippen LogP contribution in [0.15, 0.2) is 24.3 Å². The molecule has 0 saturated heterocycles. The van der Waals surface area contributed by atoms with Crippen molar-refractivity contribution in [1.29, 1.82) is 0 Å². The summed E-state index contributed by atoms with van der Waals surface area (Å²) >= 11 is 0. The average Bonchev–Trinajstić information content (AvgIpc) is 2.14. The van der Waals surface area contributed by atoms with Crippen LogP contribution in [0.5, 0.6) is 0 Å². The number of carboxylic acid groups (broad SMARTS) is 1. The Morgan fingerprint density at radius 3 is 2.19 bits per heavy atom. The first-order chi connectivity index (χ1) is 7.37. The molecule has 5 nitrogen and oxygen atoms in total. The van der Waals surface area contributed by atoms with Crippen molar-refractivity contribution >= 4 is 16.1 Å². The highest BCUT2D eigenvalue weighted by Gasteiger charge is 2.03. The second kappa shape index (κ2) is 5.09. The Hall–Kier alpha value is -1.40. The second-order valence-corrected chi connectivity index (χ2v) is 5.00. The number of carbonyl (C=O) groups is 1. The van der Waals surface area contributed by atoms with E-state index in [1.165, 1.54) is 0 Å². The van der Waals surface area contributed by atoms with Gasteiger partial charge in [0.25, 0.3) is 10.1 Å². The largest absolute Gasteiger partial charge is 0.481 e. The molecule has 0 spiro atoms. The summed E-state index contributed by atoms with van der Waals surface area (Å²) in [5.74, 6) is -0.903. The quantitative estimate of drug-likeness (QED) is 0.774. The molecule has 0 radical (unpaired) electrons. The van der Waals surface area contributed by atoms with Gasteiger partial charge in [-0.3, -0.25) is 8.98 Å². The van der Waals surface area contributed by atoms with E-state index in [-0.39, 0.29) is 13.0 Å². The molecule has 0 heterocycles. The van der Waals surface area contributed by atoms with Crippen LogP contribution in [-0.2, 0) is 32.1 Å². The second-order valence-electron chi connectivity index (χ2n) is 3.35. The fourth-order valence-electron chi connectivity index (χ4n) is 1.10. The monoisotopic (exact) mass is 244 g/mol. The predicted octanol–water partition coefficient (Wildman–Crippen LogP) is 0.790. The van der Waals surface area contributed by atoms with Crippen LogP contribution in [0.1, 0.15) is 11.1 Å². The molecule has 0 aliphatic rings. The molecular formula is C10H12O5S. The lowest BCUT2D eigenvalue weighted by Crippen LogP contribution is -2.03. The molecule has 88 valence electrons. The molecule has 0 bridgehead atoms. The van der Waals surface area contributed by atoms with Gasteiger partial charge in [-0.05, 0) is 11.1 Å². The average molecular weight is 244 g/mol. The lowest BCUT2D eigenvalue weighted by atomic mass is 10.1. The van der Waals surface area contributed by atoms with E-state index in [2.05, 4.69) is 4.18 Å². The summed E-state index contributed by atoms with van der Waals surface area (Å²) in [5.41, 5.74) is 1.34. The van der Waals surface area contributed by atoms with Gasteiger partial charge in [-0.15, -0.1) is 0 Å². The van der Waals surface area contributed by atoms with Crippen molar-refractivity contribution in [2.75, 3.05) is 6.26 Å². The highest BCUT2D eigenvalue weighted by Crippen LogP contribution is 2.07. The third-order valence-corrected chi connectivity index (χ3v) is 2.36. The fraction of sp³-hybridized carbons (Fsp3) is 0.300. The SMILES string of the molecule is CS(=O)(=O)OCc1ccc(CC(=O)O)cc1. The zero-order valence-corrected chi connectivity index (χ0v) is 9.53. The van der Waals surface area contributed by atoms with Crippen LogP contribution in [0.3, 0.4) is 0 Å². The fourth-order valence-corrected chi connectivity index (χ4v) is 1.45. The number of rotatable bonds is 5. The van der Waals surface area contributed by atoms with Crippen molar-refractivity contribution in [3.05, 3.63) is 35.4 Å². The van der Waals surface area contributed by atoms with Gasteiger partial charge in [0.1, 0.15) is 0 Å². The van der Waals surface area contributed by atoms with Gasteiger partial charge in [0, 0.05) is 0 Å². The third kappa shape index (κ3) is 4.90. The van der Waals surface area contributed by atoms with Gasteiger partial charge in [0.05, 0.1) is 19.3 Å². The van der Waals surface area contributed by atoms with Gasteiger partial charge in [0.2, 0.25) is 0 Å². The number of aliphatic carboxylic acids is 1. The van der Waals surface area contributed by atoms with Crippen LogP contribution in [0.2, 0.25) is 0 Å². The summed E-state index contributed by atoms with van der Waals surface area (Å²) < 4.78 is 26.0. The molecule has 1 N–H and O–H groups in total. The predicted molar refractivity (Wildman–Crippen MR) is 57.4 cm³/mol. The highest BCUT2D eigenvalue weighted by molar-refractivity contribution is 7.85. The Kier molecular flexibility index (Phi) is 4.03. The minimum atomic E-state index is -3.45. The number of benzene rings is 1. The van der Waals surface area contributed by atoms with Crippen LogP contribution in [-0.4, -0.2) is 25.7 Å². The summed E-state index contributed by atoms with van der Waals surface area (Å²) in [6.07, 6.45) is 0.930. The van der Waals surface area contributed by atoms with Crippen LogP contribution in [0.25, 0.3) is 0 Å². The lowest BCUT2D eigenvalue weighted by Gasteiger charge is -2.02. The molecule has 1 aromatic carbocycles. The van der Waals surface area contributed by atoms with Crippen molar-refractivity contribution in [2.45, 2.75) is 13.0 Å². The third-order valence-electron chi connectivity index (χ3n) is 1.82. The molecule has 0 saturated carbocycles. The molecule has 1 aromatic rings. The summed E-state index contributed by atoms with van der Waals surface area (Å²) in [6, 6.07) is 6.55. The van der Waals surface area contributed by atoms with E-state index < -0.39 is 16.1 Å². The Morgan fingerprint density at radius 1 is 1.25 bits per heavy atom. The van der Waals surface area contributed by atoms with Gasteiger partial charge in [0.15, 0.2) is 0 Å². The molecular weight excluding hydrogens is 232 g/mol. The number of hydrogen-bond donors (Lipinski definition) is 1. The maximum atomic E-state index is 10.7. The van der Waals surface area contributed by atoms with Gasteiger partial charge >= 0.3 is 5.97 Å². The maximum Gasteiger partial charge on any atom is 0.307 e. The van der Waals surface area contributed by atoms with E-state index in [1.54, 1.807) is 24.3 Å². The van der Waals surface area contributed by atoms with Crippen molar-refractivity contribution < 1.29 is 22.5 Å². The molecule has 0 aliphatic carbocycles. The lowest BCUT2D eigenvalue weighted by molar-refractivity contribution is -0.136. The van der Waals surface area contributed by atoms with Gasteiger partial charge < -0.3 is 5.11 Å². The minimum absolute atomic E-state index is 0.0355. The summed E-state index contributed by atoms with van der Waals surface area (Å²) in [7, 11) is -3.45. The van der Waals surface area contributed by atoms with Gasteiger partial charge in [-0.1, -0.05) is 24.3 Å². The van der Waals surface area contributed by atoms with E-state index in [4.69, 9.17) is 5.11 Å². The highest BCUT2D eigenvalue weighted by atomic mass is 32.2. The Balaban J connectivity index is 2.61. The Labute approximate surface area is 93.8 Å². The summed E-state index contributed by atoms with van der Waals surface area (Å²) in [6.45, 7) is -0.0355. The van der Waals surface area contributed by atoms with Crippen LogP contribution in [0.4, 0.5) is 0 Å². The van der Waals surface area contributed by atoms with Crippen molar-refractivity contribution in [3.8, 4) is 0 Å². The molecule has 0 aliphatic heterocycles. The molecule has 0 atom stereocenters. The molecule has 0 amide bonds. The molecule has 0 unspecified atom stereocenters. The molecule has 0 fully saturated rings. The van der Waals surface area contributed by atoms with E-state index in [0.29, 0.717) is 11.1 Å². The Bertz CT molecular complexity index is 460. The minimum Gasteiger partial charge on any atom is -0.481 e. The summed E-state index contributed by atoms with van der Waals surface area (Å²) in [4.78, 5) is 10.4. The van der Waals surface area contributed by atoms with Crippen molar-refractivity contribution in [2.24, 2.45) is 0 Å².